The van der Waals surface area contributed by atoms with Crippen LogP contribution in [0.4, 0.5) is 0 Å². The minimum absolute atomic E-state index is 0.0117. The standard InChI is InChI=1S/C14H23N3O3S/c1-12-3-5-13(6-4-12)14(11-16-21(18,19)15-2)17-7-9-20-10-8-17/h3-6,14-16H,7-11H2,1-2H3. The molecule has 0 spiro atoms. The Labute approximate surface area is 126 Å². The highest BCUT2D eigenvalue weighted by Gasteiger charge is 2.23. The molecule has 2 N–H and O–H groups in total. The highest BCUT2D eigenvalue weighted by molar-refractivity contribution is 7.87. The molecule has 0 radical (unpaired) electrons. The summed E-state index contributed by atoms with van der Waals surface area (Å²) in [7, 11) is -2.03. The van der Waals surface area contributed by atoms with Gasteiger partial charge in [-0.3, -0.25) is 4.90 Å². The van der Waals surface area contributed by atoms with Crippen LogP contribution >= 0.6 is 0 Å². The van der Waals surface area contributed by atoms with Crippen LogP contribution in [0.2, 0.25) is 0 Å². The quantitative estimate of drug-likeness (QED) is 0.799. The predicted octanol–water partition coefficient (Wildman–Crippen LogP) is 0.422. The fourth-order valence-electron chi connectivity index (χ4n) is 2.40. The van der Waals surface area contributed by atoms with Crippen molar-refractivity contribution < 1.29 is 13.2 Å². The second-order valence-corrected chi connectivity index (χ2v) is 6.83. The van der Waals surface area contributed by atoms with Gasteiger partial charge in [-0.05, 0) is 12.5 Å². The lowest BCUT2D eigenvalue weighted by molar-refractivity contribution is 0.0172. The summed E-state index contributed by atoms with van der Waals surface area (Å²) in [6.07, 6.45) is 0. The van der Waals surface area contributed by atoms with Gasteiger partial charge in [-0.25, -0.2) is 9.44 Å². The summed E-state index contributed by atoms with van der Waals surface area (Å²) in [6.45, 7) is 5.35. The average molecular weight is 313 g/mol. The second-order valence-electron chi connectivity index (χ2n) is 5.13. The fourth-order valence-corrected chi connectivity index (χ4v) is 2.92. The van der Waals surface area contributed by atoms with E-state index >= 15 is 0 Å². The number of aryl methyl sites for hydroxylation is 1. The molecule has 1 aliphatic rings. The molecular formula is C14H23N3O3S. The topological polar surface area (TPSA) is 70.7 Å². The summed E-state index contributed by atoms with van der Waals surface area (Å²) < 4.78 is 33.5. The van der Waals surface area contributed by atoms with Crippen molar-refractivity contribution in [2.45, 2.75) is 13.0 Å². The van der Waals surface area contributed by atoms with Crippen molar-refractivity contribution in [2.75, 3.05) is 39.9 Å². The smallest absolute Gasteiger partial charge is 0.276 e. The predicted molar refractivity (Wildman–Crippen MR) is 82.3 cm³/mol. The molecule has 1 atom stereocenters. The molecule has 1 aromatic carbocycles. The molecule has 1 fully saturated rings. The highest BCUT2D eigenvalue weighted by atomic mass is 32.2. The molecule has 7 heteroatoms. The van der Waals surface area contributed by atoms with Gasteiger partial charge in [0.25, 0.3) is 10.2 Å². The van der Waals surface area contributed by atoms with Crippen LogP contribution in [0.25, 0.3) is 0 Å². The highest BCUT2D eigenvalue weighted by Crippen LogP contribution is 2.21. The lowest BCUT2D eigenvalue weighted by atomic mass is 10.0. The molecule has 6 nitrogen and oxygen atoms in total. The largest absolute Gasteiger partial charge is 0.379 e. The van der Waals surface area contributed by atoms with E-state index in [0.717, 1.165) is 18.7 Å². The number of ether oxygens (including phenoxy) is 1. The molecule has 0 aliphatic carbocycles. The minimum Gasteiger partial charge on any atom is -0.379 e. The van der Waals surface area contributed by atoms with Crippen LogP contribution in [0.3, 0.4) is 0 Å². The van der Waals surface area contributed by atoms with E-state index in [2.05, 4.69) is 38.6 Å². The van der Waals surface area contributed by atoms with E-state index in [0.29, 0.717) is 19.8 Å². The van der Waals surface area contributed by atoms with Crippen LogP contribution < -0.4 is 9.44 Å². The first kappa shape index (κ1) is 16.4. The van der Waals surface area contributed by atoms with Gasteiger partial charge in [-0.15, -0.1) is 0 Å². The van der Waals surface area contributed by atoms with Crippen molar-refractivity contribution in [2.24, 2.45) is 0 Å². The Balaban J connectivity index is 2.15. The van der Waals surface area contributed by atoms with Crippen molar-refractivity contribution in [1.29, 1.82) is 0 Å². The number of rotatable bonds is 6. The van der Waals surface area contributed by atoms with Crippen molar-refractivity contribution in [3.63, 3.8) is 0 Å². The molecule has 1 aliphatic heterocycles. The van der Waals surface area contributed by atoms with Crippen LogP contribution in [0.1, 0.15) is 17.2 Å². The van der Waals surface area contributed by atoms with E-state index in [1.165, 1.54) is 12.6 Å². The Morgan fingerprint density at radius 3 is 2.43 bits per heavy atom. The number of nitrogens with one attached hydrogen (secondary N) is 2. The molecule has 0 aromatic heterocycles. The molecule has 118 valence electrons. The van der Waals surface area contributed by atoms with Crippen molar-refractivity contribution >= 4 is 10.2 Å². The van der Waals surface area contributed by atoms with Gasteiger partial charge < -0.3 is 4.74 Å². The lowest BCUT2D eigenvalue weighted by Gasteiger charge is -2.34. The summed E-state index contributed by atoms with van der Waals surface area (Å²) in [6, 6.07) is 8.23. The molecule has 0 saturated carbocycles. The van der Waals surface area contributed by atoms with Gasteiger partial charge in [-0.1, -0.05) is 29.8 Å². The third kappa shape index (κ3) is 4.76. The molecular weight excluding hydrogens is 290 g/mol. The zero-order chi connectivity index (χ0) is 15.3. The summed E-state index contributed by atoms with van der Waals surface area (Å²) in [5.74, 6) is 0. The van der Waals surface area contributed by atoms with E-state index < -0.39 is 10.2 Å². The van der Waals surface area contributed by atoms with Gasteiger partial charge in [0, 0.05) is 32.7 Å². The number of hydrogen-bond acceptors (Lipinski definition) is 4. The van der Waals surface area contributed by atoms with E-state index in [1.54, 1.807) is 0 Å². The van der Waals surface area contributed by atoms with E-state index in [-0.39, 0.29) is 6.04 Å². The maximum absolute atomic E-state index is 11.6. The van der Waals surface area contributed by atoms with Gasteiger partial charge in [-0.2, -0.15) is 8.42 Å². The monoisotopic (exact) mass is 313 g/mol. The molecule has 1 heterocycles. The van der Waals surface area contributed by atoms with Gasteiger partial charge in [0.2, 0.25) is 0 Å². The Hall–Kier alpha value is -0.990. The van der Waals surface area contributed by atoms with Crippen molar-refractivity contribution in [3.8, 4) is 0 Å². The summed E-state index contributed by atoms with van der Waals surface area (Å²) in [5, 5.41) is 0. The van der Waals surface area contributed by atoms with Gasteiger partial charge >= 0.3 is 0 Å². The molecule has 1 aromatic rings. The third-order valence-corrected chi connectivity index (χ3v) is 4.77. The fraction of sp³-hybridized carbons (Fsp3) is 0.571. The van der Waals surface area contributed by atoms with Crippen LogP contribution in [0.15, 0.2) is 24.3 Å². The van der Waals surface area contributed by atoms with Crippen LogP contribution in [-0.4, -0.2) is 53.2 Å². The zero-order valence-corrected chi connectivity index (χ0v) is 13.3. The number of benzene rings is 1. The first-order valence-corrected chi connectivity index (χ1v) is 8.56. The van der Waals surface area contributed by atoms with E-state index in [4.69, 9.17) is 4.74 Å². The third-order valence-electron chi connectivity index (χ3n) is 3.68. The molecule has 21 heavy (non-hydrogen) atoms. The van der Waals surface area contributed by atoms with Crippen molar-refractivity contribution in [3.05, 3.63) is 35.4 Å². The lowest BCUT2D eigenvalue weighted by Crippen LogP contribution is -2.45. The van der Waals surface area contributed by atoms with Gasteiger partial charge in [0.1, 0.15) is 0 Å². The zero-order valence-electron chi connectivity index (χ0n) is 12.5. The van der Waals surface area contributed by atoms with Crippen molar-refractivity contribution in [1.82, 2.24) is 14.3 Å². The summed E-state index contributed by atoms with van der Waals surface area (Å²) in [5.41, 5.74) is 2.30. The Morgan fingerprint density at radius 2 is 1.86 bits per heavy atom. The van der Waals surface area contributed by atoms with Crippen LogP contribution in [0, 0.1) is 6.92 Å². The summed E-state index contributed by atoms with van der Waals surface area (Å²) >= 11 is 0. The summed E-state index contributed by atoms with van der Waals surface area (Å²) in [4.78, 5) is 2.26. The minimum atomic E-state index is -3.43. The molecule has 2 rings (SSSR count). The maximum atomic E-state index is 11.6. The van der Waals surface area contributed by atoms with E-state index in [1.807, 2.05) is 6.92 Å². The Bertz CT molecular complexity index is 539. The first-order chi connectivity index (χ1) is 10.0. The Kier molecular flexibility index (Phi) is 5.72. The SMILES string of the molecule is CNS(=O)(=O)NCC(c1ccc(C)cc1)N1CCOCC1. The average Bonchev–Trinajstić information content (AvgIpc) is 2.50. The molecule has 0 amide bonds. The first-order valence-electron chi connectivity index (χ1n) is 7.08. The molecule has 0 bridgehead atoms. The number of nitrogens with zero attached hydrogens (tertiary/aromatic N) is 1. The molecule has 1 saturated heterocycles. The van der Waals surface area contributed by atoms with E-state index in [9.17, 15) is 8.42 Å². The van der Waals surface area contributed by atoms with Crippen LogP contribution in [-0.2, 0) is 14.9 Å². The normalized spacial score (nSPS) is 18.6. The number of hydrogen-bond donors (Lipinski definition) is 2. The van der Waals surface area contributed by atoms with Gasteiger partial charge in [0.15, 0.2) is 0 Å². The van der Waals surface area contributed by atoms with Gasteiger partial charge in [0.05, 0.1) is 13.2 Å². The van der Waals surface area contributed by atoms with Crippen LogP contribution in [0.5, 0.6) is 0 Å². The second kappa shape index (κ2) is 7.33. The number of morpholine rings is 1. The molecule has 1 unspecified atom stereocenters. The Morgan fingerprint density at radius 1 is 1.24 bits per heavy atom. The maximum Gasteiger partial charge on any atom is 0.276 e.